The topological polar surface area (TPSA) is 195 Å². The Bertz CT molecular complexity index is 902. The van der Waals surface area contributed by atoms with E-state index in [1.165, 1.54) is 18.2 Å². The van der Waals surface area contributed by atoms with Crippen LogP contribution in [0.1, 0.15) is 6.42 Å². The number of phosphoric ester groups is 1. The van der Waals surface area contributed by atoms with Crippen LogP contribution in [0.25, 0.3) is 0 Å². The van der Waals surface area contributed by atoms with Crippen LogP contribution < -0.4 is 21.5 Å². The lowest BCUT2D eigenvalue weighted by Crippen LogP contribution is -2.17. The van der Waals surface area contributed by atoms with Crippen LogP contribution in [0.15, 0.2) is 46.6 Å². The molecule has 0 saturated carbocycles. The van der Waals surface area contributed by atoms with Gasteiger partial charge in [-0.2, -0.15) is 0 Å². The van der Waals surface area contributed by atoms with Gasteiger partial charge in [0.25, 0.3) is 0 Å². The molecule has 7 N–H and O–H groups in total. The van der Waals surface area contributed by atoms with Crippen molar-refractivity contribution in [2.24, 2.45) is 16.0 Å². The first-order valence-electron chi connectivity index (χ1n) is 7.88. The Hall–Kier alpha value is -2.89. The fourth-order valence-electron chi connectivity index (χ4n) is 1.89. The van der Waals surface area contributed by atoms with Gasteiger partial charge >= 0.3 is 7.82 Å². The van der Waals surface area contributed by atoms with Gasteiger partial charge in [-0.3, -0.25) is 4.79 Å². The van der Waals surface area contributed by atoms with E-state index < -0.39 is 14.6 Å². The third kappa shape index (κ3) is 7.02. The number of para-hydroxylation sites is 1. The maximum atomic E-state index is 11.5. The molecule has 2 rings (SSSR count). The largest absolute Gasteiger partial charge is 0.472 e. The lowest BCUT2D eigenvalue weighted by Gasteiger charge is -2.09. The highest BCUT2D eigenvalue weighted by molar-refractivity contribution is 7.46. The predicted molar refractivity (Wildman–Crippen MR) is 100 cm³/mol. The van der Waals surface area contributed by atoms with Gasteiger partial charge in [0.05, 0.1) is 0 Å². The van der Waals surface area contributed by atoms with Crippen molar-refractivity contribution in [3.05, 3.63) is 36.4 Å². The molecule has 0 aliphatic rings. The van der Waals surface area contributed by atoms with E-state index >= 15 is 0 Å². The summed E-state index contributed by atoms with van der Waals surface area (Å²) in [7, 11) is -4.65. The molecular weight excluding hydrogens is 391 g/mol. The Labute approximate surface area is 159 Å². The molecule has 0 bridgehead atoms. The van der Waals surface area contributed by atoms with Crippen molar-refractivity contribution in [3.8, 4) is 5.75 Å². The number of nitrogens with one attached hydrogen (secondary N) is 1. The summed E-state index contributed by atoms with van der Waals surface area (Å²) in [5.41, 5.74) is 11.7. The van der Waals surface area contributed by atoms with E-state index in [9.17, 15) is 9.36 Å². The first-order chi connectivity index (χ1) is 13.3. The summed E-state index contributed by atoms with van der Waals surface area (Å²) in [6.45, 7) is -0.452. The van der Waals surface area contributed by atoms with E-state index in [0.29, 0.717) is 0 Å². The van der Waals surface area contributed by atoms with Gasteiger partial charge < -0.3 is 31.3 Å². The minimum absolute atomic E-state index is 0.0394. The molecule has 1 aromatic carbocycles. The van der Waals surface area contributed by atoms with Crippen LogP contribution in [-0.2, 0) is 13.9 Å². The van der Waals surface area contributed by atoms with Crippen LogP contribution in [0.4, 0.5) is 23.0 Å². The molecule has 0 fully saturated rings. The van der Waals surface area contributed by atoms with Crippen molar-refractivity contribution in [1.29, 1.82) is 0 Å². The Morgan fingerprint density at radius 2 is 1.89 bits per heavy atom. The predicted octanol–water partition coefficient (Wildman–Crippen LogP) is 1.81. The highest BCUT2D eigenvalue weighted by Crippen LogP contribution is 2.36. The van der Waals surface area contributed by atoms with Crippen molar-refractivity contribution in [1.82, 2.24) is 4.98 Å². The molecule has 1 amide bonds. The average molecular weight is 410 g/mol. The number of ether oxygens (including phenoxy) is 1. The van der Waals surface area contributed by atoms with E-state index in [0.717, 1.165) is 0 Å². The van der Waals surface area contributed by atoms with Crippen LogP contribution in [0, 0.1) is 0 Å². The van der Waals surface area contributed by atoms with Crippen LogP contribution in [-0.4, -0.2) is 34.0 Å². The number of nitrogen functional groups attached to an aromatic ring is 1. The Morgan fingerprint density at radius 1 is 1.18 bits per heavy atom. The van der Waals surface area contributed by atoms with Gasteiger partial charge in [0, 0.05) is 13.0 Å². The van der Waals surface area contributed by atoms with Crippen LogP contribution >= 0.6 is 7.82 Å². The number of anilines is 2. The molecule has 1 heterocycles. The van der Waals surface area contributed by atoms with Gasteiger partial charge in [0.1, 0.15) is 22.9 Å². The zero-order valence-electron chi connectivity index (χ0n) is 14.6. The fraction of sp³-hybridized carbons (Fsp3) is 0.200. The highest BCUT2D eigenvalue weighted by Gasteiger charge is 2.14. The number of carbonyl (C=O) groups is 1. The molecule has 150 valence electrons. The van der Waals surface area contributed by atoms with Gasteiger partial charge in [-0.15, -0.1) is 10.2 Å². The highest BCUT2D eigenvalue weighted by atomic mass is 31.2. The maximum Gasteiger partial charge on any atom is 0.472 e. The molecule has 0 unspecified atom stereocenters. The number of hydrogen-bond acceptors (Lipinski definition) is 9. The van der Waals surface area contributed by atoms with Crippen molar-refractivity contribution in [3.63, 3.8) is 0 Å². The molecule has 2 aromatic rings. The summed E-state index contributed by atoms with van der Waals surface area (Å²) in [5.74, 6) is 0.204. The number of pyridine rings is 1. The summed E-state index contributed by atoms with van der Waals surface area (Å²) in [6, 6.07) is 9.43. The number of benzene rings is 1. The number of aromatic nitrogens is 1. The molecule has 0 aliphatic carbocycles. The average Bonchev–Trinajstić information content (AvgIpc) is 2.61. The van der Waals surface area contributed by atoms with E-state index in [4.69, 9.17) is 26.0 Å². The molecular formula is C15H19N6O6P. The number of azo groups is 1. The number of phosphoric acid groups is 1. The normalized spacial score (nSPS) is 11.5. The van der Waals surface area contributed by atoms with Crippen molar-refractivity contribution < 1.29 is 28.4 Å². The lowest BCUT2D eigenvalue weighted by atomic mass is 10.3. The van der Waals surface area contributed by atoms with Crippen LogP contribution in [0.3, 0.4) is 0 Å². The molecule has 0 atom stereocenters. The number of hydrogen-bond donors (Lipinski definition) is 5. The minimum atomic E-state index is -4.65. The number of carbonyl (C=O) groups excluding carboxylic acids is 1. The van der Waals surface area contributed by atoms with Crippen molar-refractivity contribution in [2.75, 3.05) is 24.4 Å². The van der Waals surface area contributed by atoms with Gasteiger partial charge in [-0.05, 0) is 24.3 Å². The molecule has 0 radical (unpaired) electrons. The fourth-order valence-corrected chi connectivity index (χ4v) is 2.08. The summed E-state index contributed by atoms with van der Waals surface area (Å²) in [4.78, 5) is 32.9. The van der Waals surface area contributed by atoms with Crippen LogP contribution in [0.5, 0.6) is 5.75 Å². The van der Waals surface area contributed by atoms with Crippen molar-refractivity contribution >= 4 is 36.7 Å². The van der Waals surface area contributed by atoms with E-state index in [1.54, 1.807) is 18.2 Å². The molecule has 0 aliphatic heterocycles. The number of nitrogens with two attached hydrogens (primary N) is 2. The monoisotopic (exact) mass is 410 g/mol. The first kappa shape index (κ1) is 21.4. The summed E-state index contributed by atoms with van der Waals surface area (Å²) in [5, 5.41) is 10.5. The third-order valence-electron chi connectivity index (χ3n) is 3.11. The second-order valence-electron chi connectivity index (χ2n) is 5.24. The van der Waals surface area contributed by atoms with Gasteiger partial charge in [0.15, 0.2) is 12.6 Å². The molecule has 1 aromatic heterocycles. The molecule has 0 saturated heterocycles. The molecule has 13 heteroatoms. The van der Waals surface area contributed by atoms with Crippen molar-refractivity contribution in [2.45, 2.75) is 6.42 Å². The SMILES string of the molecule is NCCC(=O)Nc1ccc(/N=N/c2ccccc2OCOP(=O)(O)O)c(N)n1. The smallest absolute Gasteiger partial charge is 0.465 e. The van der Waals surface area contributed by atoms with E-state index in [-0.39, 0.29) is 47.6 Å². The number of rotatable bonds is 9. The van der Waals surface area contributed by atoms with Gasteiger partial charge in [0.2, 0.25) is 5.91 Å². The Kier molecular flexibility index (Phi) is 7.55. The molecule has 12 nitrogen and oxygen atoms in total. The Morgan fingerprint density at radius 3 is 2.57 bits per heavy atom. The second-order valence-corrected chi connectivity index (χ2v) is 6.48. The maximum absolute atomic E-state index is 11.5. The summed E-state index contributed by atoms with van der Waals surface area (Å²) < 4.78 is 20.1. The lowest BCUT2D eigenvalue weighted by molar-refractivity contribution is -0.116. The quantitative estimate of drug-likeness (QED) is 0.233. The standard InChI is InChI=1S/C15H19N6O6P/c16-8-7-14(22)18-13-6-5-11(15(17)19-13)21-20-10-3-1-2-4-12(10)26-9-27-28(23,24)25/h1-6H,7-9,16H2,(H2,23,24,25)(H3,17,18,19,22)/b21-20+. The van der Waals surface area contributed by atoms with Gasteiger partial charge in [-0.25, -0.2) is 14.1 Å². The zero-order valence-corrected chi connectivity index (χ0v) is 15.5. The van der Waals surface area contributed by atoms with E-state index in [1.807, 2.05) is 0 Å². The van der Waals surface area contributed by atoms with Crippen LogP contribution in [0.2, 0.25) is 0 Å². The summed E-state index contributed by atoms with van der Waals surface area (Å²) in [6.07, 6.45) is 0.158. The number of amides is 1. The van der Waals surface area contributed by atoms with E-state index in [2.05, 4.69) is 25.1 Å². The number of nitrogens with zero attached hydrogens (tertiary/aromatic N) is 3. The minimum Gasteiger partial charge on any atom is -0.465 e. The summed E-state index contributed by atoms with van der Waals surface area (Å²) >= 11 is 0. The second kappa shape index (κ2) is 9.88. The molecule has 0 spiro atoms. The third-order valence-corrected chi connectivity index (χ3v) is 3.55. The van der Waals surface area contributed by atoms with Gasteiger partial charge in [-0.1, -0.05) is 12.1 Å². The first-order valence-corrected chi connectivity index (χ1v) is 9.41. The zero-order chi connectivity index (χ0) is 20.6. The Balaban J connectivity index is 2.09. The molecule has 28 heavy (non-hydrogen) atoms.